The van der Waals surface area contributed by atoms with Crippen molar-refractivity contribution in [3.63, 3.8) is 0 Å². The Balaban J connectivity index is 1.99. The number of aromatic nitrogens is 2. The van der Waals surface area contributed by atoms with E-state index in [0.717, 1.165) is 5.56 Å². The number of hydrogen-bond acceptors (Lipinski definition) is 4. The summed E-state index contributed by atoms with van der Waals surface area (Å²) in [6, 6.07) is 9.82. The fourth-order valence-corrected chi connectivity index (χ4v) is 1.36. The molecule has 96 valence electrons. The van der Waals surface area contributed by atoms with E-state index < -0.39 is 0 Å². The highest BCUT2D eigenvalue weighted by Crippen LogP contribution is 2.07. The fraction of sp³-hybridized carbons (Fsp3) is 0. The van der Waals surface area contributed by atoms with Gasteiger partial charge >= 0.3 is 0 Å². The number of benzene rings is 1. The van der Waals surface area contributed by atoms with E-state index in [1.807, 2.05) is 0 Å². The number of amides is 1. The van der Waals surface area contributed by atoms with Gasteiger partial charge in [0, 0.05) is 17.8 Å². The van der Waals surface area contributed by atoms with Gasteiger partial charge in [0.05, 0.1) is 0 Å². The van der Waals surface area contributed by atoms with Crippen molar-refractivity contribution in [2.45, 2.75) is 0 Å². The third kappa shape index (κ3) is 3.81. The van der Waals surface area contributed by atoms with Crippen molar-refractivity contribution in [3.05, 3.63) is 58.4 Å². The molecule has 0 aliphatic heterocycles. The Morgan fingerprint density at radius 3 is 2.58 bits per heavy atom. The number of anilines is 2. The number of rotatable bonds is 3. The van der Waals surface area contributed by atoms with Gasteiger partial charge < -0.3 is 11.1 Å². The minimum absolute atomic E-state index is 0.284. The molecule has 0 fully saturated rings. The predicted octanol–water partition coefficient (Wildman–Crippen LogP) is 1.00. The van der Waals surface area contributed by atoms with Crippen LogP contribution in [0.25, 0.3) is 6.08 Å². The Bertz CT molecular complexity index is 639. The highest BCUT2D eigenvalue weighted by molar-refractivity contribution is 6.01. The third-order valence-corrected chi connectivity index (χ3v) is 2.29. The monoisotopic (exact) mass is 256 g/mol. The van der Waals surface area contributed by atoms with Gasteiger partial charge in [-0.2, -0.15) is 5.10 Å². The quantitative estimate of drug-likeness (QED) is 0.563. The zero-order valence-corrected chi connectivity index (χ0v) is 9.96. The number of nitrogens with zero attached hydrogens (tertiary/aromatic N) is 1. The second-order valence-electron chi connectivity index (χ2n) is 3.80. The molecule has 1 aromatic heterocycles. The number of H-pyrrole nitrogens is 1. The predicted molar refractivity (Wildman–Crippen MR) is 73.4 cm³/mol. The Morgan fingerprint density at radius 1 is 1.21 bits per heavy atom. The first-order chi connectivity index (χ1) is 9.13. The molecule has 19 heavy (non-hydrogen) atoms. The van der Waals surface area contributed by atoms with Gasteiger partial charge in [-0.1, -0.05) is 12.1 Å². The van der Waals surface area contributed by atoms with Crippen LogP contribution in [0.5, 0.6) is 0 Å². The molecule has 0 radical (unpaired) electrons. The maximum atomic E-state index is 11.6. The molecule has 0 saturated carbocycles. The molecule has 2 rings (SSSR count). The smallest absolute Gasteiger partial charge is 0.264 e. The topological polar surface area (TPSA) is 101 Å². The van der Waals surface area contributed by atoms with Gasteiger partial charge in [-0.3, -0.25) is 9.59 Å². The van der Waals surface area contributed by atoms with E-state index in [2.05, 4.69) is 15.5 Å². The Morgan fingerprint density at radius 2 is 1.95 bits per heavy atom. The molecule has 1 aromatic carbocycles. The Hall–Kier alpha value is -2.89. The van der Waals surface area contributed by atoms with Crippen LogP contribution >= 0.6 is 0 Å². The van der Waals surface area contributed by atoms with Crippen molar-refractivity contribution in [1.29, 1.82) is 0 Å². The van der Waals surface area contributed by atoms with Crippen molar-refractivity contribution in [2.24, 2.45) is 0 Å². The molecule has 6 nitrogen and oxygen atoms in total. The van der Waals surface area contributed by atoms with Crippen LogP contribution in [-0.4, -0.2) is 16.1 Å². The summed E-state index contributed by atoms with van der Waals surface area (Å²) in [5, 5.41) is 8.41. The first-order valence-corrected chi connectivity index (χ1v) is 5.54. The zero-order chi connectivity index (χ0) is 13.7. The number of hydrogen-bond donors (Lipinski definition) is 3. The summed E-state index contributed by atoms with van der Waals surface area (Å²) >= 11 is 0. The number of nitrogens with one attached hydrogen (secondary N) is 2. The summed E-state index contributed by atoms with van der Waals surface area (Å²) in [5.41, 5.74) is 6.76. The van der Waals surface area contributed by atoms with E-state index >= 15 is 0 Å². The molecular formula is C13H12N4O2. The van der Waals surface area contributed by atoms with E-state index in [4.69, 9.17) is 5.73 Å². The average Bonchev–Trinajstić information content (AvgIpc) is 2.41. The maximum Gasteiger partial charge on any atom is 0.264 e. The normalized spacial score (nSPS) is 10.5. The summed E-state index contributed by atoms with van der Waals surface area (Å²) < 4.78 is 0. The van der Waals surface area contributed by atoms with Gasteiger partial charge in [-0.15, -0.1) is 0 Å². The summed E-state index contributed by atoms with van der Waals surface area (Å²) in [6.07, 6.45) is 3.03. The minimum atomic E-state index is -0.337. The summed E-state index contributed by atoms with van der Waals surface area (Å²) in [7, 11) is 0. The molecule has 0 aliphatic rings. The SMILES string of the molecule is Nc1ccc(/C=C/C(=O)Nc2ccc(=O)[nH]n2)cc1. The fourth-order valence-electron chi connectivity index (χ4n) is 1.36. The molecule has 0 spiro atoms. The number of carbonyl (C=O) groups is 1. The number of nitrogens with two attached hydrogens (primary N) is 1. The molecule has 0 atom stereocenters. The lowest BCUT2D eigenvalue weighted by molar-refractivity contribution is -0.111. The number of carbonyl (C=O) groups excluding carboxylic acids is 1. The van der Waals surface area contributed by atoms with E-state index in [1.165, 1.54) is 18.2 Å². The van der Waals surface area contributed by atoms with Crippen LogP contribution in [0, 0.1) is 0 Å². The largest absolute Gasteiger partial charge is 0.399 e. The standard InChI is InChI=1S/C13H12N4O2/c14-10-4-1-9(2-5-10)3-7-12(18)15-11-6-8-13(19)17-16-11/h1-8H,14H2,(H,17,19)(H,15,16,18)/b7-3+. The highest BCUT2D eigenvalue weighted by atomic mass is 16.1. The van der Waals surface area contributed by atoms with Gasteiger partial charge in [0.15, 0.2) is 5.82 Å². The minimum Gasteiger partial charge on any atom is -0.399 e. The molecule has 0 aliphatic carbocycles. The van der Waals surface area contributed by atoms with Crippen LogP contribution in [0.15, 0.2) is 47.3 Å². The second kappa shape index (κ2) is 5.63. The molecule has 4 N–H and O–H groups in total. The zero-order valence-electron chi connectivity index (χ0n) is 9.96. The number of aromatic amines is 1. The van der Waals surface area contributed by atoms with Crippen LogP contribution in [-0.2, 0) is 4.79 Å². The maximum absolute atomic E-state index is 11.6. The van der Waals surface area contributed by atoms with Crippen molar-refractivity contribution >= 4 is 23.5 Å². The summed E-state index contributed by atoms with van der Waals surface area (Å²) in [4.78, 5) is 22.4. The van der Waals surface area contributed by atoms with Gasteiger partial charge in [0.1, 0.15) is 0 Å². The van der Waals surface area contributed by atoms with Crippen LogP contribution in [0.2, 0.25) is 0 Å². The molecule has 6 heteroatoms. The van der Waals surface area contributed by atoms with E-state index in [1.54, 1.807) is 30.3 Å². The molecule has 0 unspecified atom stereocenters. The lowest BCUT2D eigenvalue weighted by Crippen LogP contribution is -2.13. The van der Waals surface area contributed by atoms with Gasteiger partial charge in [0.2, 0.25) is 5.91 Å². The lowest BCUT2D eigenvalue weighted by Gasteiger charge is -1.99. The molecule has 1 amide bonds. The van der Waals surface area contributed by atoms with Gasteiger partial charge in [0.25, 0.3) is 5.56 Å². The molecule has 0 bridgehead atoms. The van der Waals surface area contributed by atoms with Crippen molar-refractivity contribution in [3.8, 4) is 0 Å². The molecule has 0 saturated heterocycles. The lowest BCUT2D eigenvalue weighted by atomic mass is 10.2. The second-order valence-corrected chi connectivity index (χ2v) is 3.80. The van der Waals surface area contributed by atoms with Gasteiger partial charge in [-0.25, -0.2) is 5.10 Å². The van der Waals surface area contributed by atoms with E-state index in [0.29, 0.717) is 5.69 Å². The highest BCUT2D eigenvalue weighted by Gasteiger charge is 1.98. The first kappa shape index (κ1) is 12.6. The summed E-state index contributed by atoms with van der Waals surface area (Å²) in [5.74, 6) is -0.0528. The molecule has 2 aromatic rings. The summed E-state index contributed by atoms with van der Waals surface area (Å²) in [6.45, 7) is 0. The third-order valence-electron chi connectivity index (χ3n) is 2.29. The van der Waals surface area contributed by atoms with Crippen LogP contribution < -0.4 is 16.6 Å². The van der Waals surface area contributed by atoms with Crippen LogP contribution in [0.1, 0.15) is 5.56 Å². The average molecular weight is 256 g/mol. The van der Waals surface area contributed by atoms with Crippen LogP contribution in [0.4, 0.5) is 11.5 Å². The Kier molecular flexibility index (Phi) is 3.72. The van der Waals surface area contributed by atoms with Crippen molar-refractivity contribution in [2.75, 3.05) is 11.1 Å². The van der Waals surface area contributed by atoms with Crippen molar-refractivity contribution in [1.82, 2.24) is 10.2 Å². The van der Waals surface area contributed by atoms with Crippen molar-refractivity contribution < 1.29 is 4.79 Å². The van der Waals surface area contributed by atoms with E-state index in [-0.39, 0.29) is 17.3 Å². The molecule has 1 heterocycles. The van der Waals surface area contributed by atoms with E-state index in [9.17, 15) is 9.59 Å². The first-order valence-electron chi connectivity index (χ1n) is 5.54. The Labute approximate surface area is 109 Å². The van der Waals surface area contributed by atoms with Crippen LogP contribution in [0.3, 0.4) is 0 Å². The molecular weight excluding hydrogens is 244 g/mol. The van der Waals surface area contributed by atoms with Gasteiger partial charge in [-0.05, 0) is 29.8 Å². The number of nitrogen functional groups attached to an aromatic ring is 1.